The highest BCUT2D eigenvalue weighted by Crippen LogP contribution is 1.94. The van der Waals surface area contributed by atoms with Crippen molar-refractivity contribution in [2.75, 3.05) is 13.6 Å². The Kier molecular flexibility index (Phi) is 4.54. The molecule has 10 heavy (non-hydrogen) atoms. The Bertz CT molecular complexity index is 118. The molecule has 3 heteroatoms. The van der Waals surface area contributed by atoms with Gasteiger partial charge < -0.3 is 0 Å². The second kappa shape index (κ2) is 4.97. The summed E-state index contributed by atoms with van der Waals surface area (Å²) in [6.45, 7) is 8.53. The zero-order valence-electron chi connectivity index (χ0n) is 6.91. The highest BCUT2D eigenvalue weighted by molar-refractivity contribution is 5.61. The van der Waals surface area contributed by atoms with Gasteiger partial charge in [0.1, 0.15) is 6.34 Å². The summed E-state index contributed by atoms with van der Waals surface area (Å²) >= 11 is 0. The number of nitrogens with zero attached hydrogens (tertiary/aromatic N) is 3. The molecule has 0 aromatic carbocycles. The predicted molar refractivity (Wildman–Crippen MR) is 45.5 cm³/mol. The van der Waals surface area contributed by atoms with Crippen molar-refractivity contribution in [2.45, 2.75) is 13.8 Å². The van der Waals surface area contributed by atoms with Gasteiger partial charge in [-0.05, 0) is 12.6 Å². The molecule has 0 saturated carbocycles. The van der Waals surface area contributed by atoms with Crippen LogP contribution in [0.5, 0.6) is 0 Å². The molecular weight excluding hydrogens is 126 g/mol. The molecule has 0 atom stereocenters. The molecule has 0 radical (unpaired) electrons. The first kappa shape index (κ1) is 9.14. The third-order valence-corrected chi connectivity index (χ3v) is 0.960. The third kappa shape index (κ3) is 5.28. The van der Waals surface area contributed by atoms with Gasteiger partial charge in [0.15, 0.2) is 0 Å². The minimum atomic E-state index is 0.631. The van der Waals surface area contributed by atoms with Crippen molar-refractivity contribution >= 4 is 13.1 Å². The van der Waals surface area contributed by atoms with Crippen molar-refractivity contribution in [3.05, 3.63) is 0 Å². The van der Waals surface area contributed by atoms with Gasteiger partial charge in [0.25, 0.3) is 0 Å². The lowest BCUT2D eigenvalue weighted by molar-refractivity contribution is 0.312. The van der Waals surface area contributed by atoms with E-state index in [-0.39, 0.29) is 0 Å². The van der Waals surface area contributed by atoms with Crippen molar-refractivity contribution in [2.24, 2.45) is 16.0 Å². The van der Waals surface area contributed by atoms with E-state index in [1.807, 2.05) is 12.1 Å². The Morgan fingerprint density at radius 1 is 1.60 bits per heavy atom. The van der Waals surface area contributed by atoms with E-state index in [2.05, 4.69) is 30.7 Å². The molecule has 58 valence electrons. The van der Waals surface area contributed by atoms with Gasteiger partial charge in [0, 0.05) is 13.6 Å². The van der Waals surface area contributed by atoms with Crippen LogP contribution in [0.1, 0.15) is 13.8 Å². The lowest BCUT2D eigenvalue weighted by atomic mass is 10.2. The highest BCUT2D eigenvalue weighted by Gasteiger charge is 1.95. The second-order valence-corrected chi connectivity index (χ2v) is 2.65. The van der Waals surface area contributed by atoms with E-state index in [0.717, 1.165) is 6.54 Å². The highest BCUT2D eigenvalue weighted by atomic mass is 15.4. The van der Waals surface area contributed by atoms with Crippen molar-refractivity contribution in [3.8, 4) is 0 Å². The SMILES string of the molecule is C=N/C=N\N(C)CC(C)C. The fraction of sp³-hybridized carbons (Fsp3) is 0.714. The van der Waals surface area contributed by atoms with E-state index in [0.29, 0.717) is 5.92 Å². The molecule has 0 bridgehead atoms. The van der Waals surface area contributed by atoms with Crippen molar-refractivity contribution < 1.29 is 0 Å². The molecule has 0 N–H and O–H groups in total. The average Bonchev–Trinajstić information content (AvgIpc) is 1.82. The van der Waals surface area contributed by atoms with Crippen LogP contribution < -0.4 is 0 Å². The minimum absolute atomic E-state index is 0.631. The molecule has 0 rings (SSSR count). The van der Waals surface area contributed by atoms with E-state index in [9.17, 15) is 0 Å². The Hall–Kier alpha value is -0.860. The summed E-state index contributed by atoms with van der Waals surface area (Å²) < 4.78 is 0. The topological polar surface area (TPSA) is 28.0 Å². The molecule has 0 aromatic rings. The maximum Gasteiger partial charge on any atom is 0.134 e. The van der Waals surface area contributed by atoms with Gasteiger partial charge in [-0.2, -0.15) is 5.10 Å². The molecule has 0 aromatic heterocycles. The van der Waals surface area contributed by atoms with Crippen molar-refractivity contribution in [1.29, 1.82) is 0 Å². The van der Waals surface area contributed by atoms with E-state index >= 15 is 0 Å². The Morgan fingerprint density at radius 3 is 2.60 bits per heavy atom. The number of hydrogen-bond acceptors (Lipinski definition) is 2. The van der Waals surface area contributed by atoms with Crippen LogP contribution in [0.15, 0.2) is 10.1 Å². The van der Waals surface area contributed by atoms with Gasteiger partial charge in [-0.3, -0.25) is 10.0 Å². The first-order valence-corrected chi connectivity index (χ1v) is 3.36. The Balaban J connectivity index is 3.52. The first-order valence-electron chi connectivity index (χ1n) is 3.36. The molecule has 0 aliphatic rings. The summed E-state index contributed by atoms with van der Waals surface area (Å²) in [5, 5.41) is 5.81. The van der Waals surface area contributed by atoms with Gasteiger partial charge >= 0.3 is 0 Å². The first-order chi connectivity index (χ1) is 4.66. The summed E-state index contributed by atoms with van der Waals surface area (Å²) in [6, 6.07) is 0. The zero-order chi connectivity index (χ0) is 7.98. The molecule has 0 saturated heterocycles. The lowest BCUT2D eigenvalue weighted by Crippen LogP contribution is -2.17. The van der Waals surface area contributed by atoms with Gasteiger partial charge in [0.05, 0.1) is 0 Å². The van der Waals surface area contributed by atoms with E-state index in [1.54, 1.807) is 0 Å². The molecule has 0 amide bonds. The summed E-state index contributed by atoms with van der Waals surface area (Å²) in [5.74, 6) is 0.631. The molecule has 0 heterocycles. The van der Waals surface area contributed by atoms with Crippen LogP contribution in [0, 0.1) is 5.92 Å². The average molecular weight is 141 g/mol. The van der Waals surface area contributed by atoms with Crippen molar-refractivity contribution in [3.63, 3.8) is 0 Å². The second-order valence-electron chi connectivity index (χ2n) is 2.65. The summed E-state index contributed by atoms with van der Waals surface area (Å²) in [6.07, 6.45) is 1.45. The van der Waals surface area contributed by atoms with Crippen LogP contribution in [-0.2, 0) is 0 Å². The van der Waals surface area contributed by atoms with Crippen LogP contribution in [0.4, 0.5) is 0 Å². The summed E-state index contributed by atoms with van der Waals surface area (Å²) in [7, 11) is 1.92. The molecule has 0 fully saturated rings. The van der Waals surface area contributed by atoms with Gasteiger partial charge in [-0.1, -0.05) is 13.8 Å². The maximum atomic E-state index is 3.96. The van der Waals surface area contributed by atoms with Gasteiger partial charge in [-0.25, -0.2) is 0 Å². The minimum Gasteiger partial charge on any atom is -0.298 e. The van der Waals surface area contributed by atoms with Crippen LogP contribution in [0.25, 0.3) is 0 Å². The number of hydrazone groups is 1. The van der Waals surface area contributed by atoms with Crippen LogP contribution in [-0.4, -0.2) is 31.7 Å². The van der Waals surface area contributed by atoms with Gasteiger partial charge in [-0.15, -0.1) is 0 Å². The molecule has 0 unspecified atom stereocenters. The molecular formula is C7H15N3. The monoisotopic (exact) mass is 141 g/mol. The van der Waals surface area contributed by atoms with Crippen LogP contribution in [0.2, 0.25) is 0 Å². The summed E-state index contributed by atoms with van der Waals surface area (Å²) in [4.78, 5) is 3.50. The predicted octanol–water partition coefficient (Wildman–Crippen LogP) is 1.22. The normalized spacial score (nSPS) is 10.8. The molecule has 0 spiro atoms. The fourth-order valence-electron chi connectivity index (χ4n) is 0.700. The number of rotatable bonds is 4. The van der Waals surface area contributed by atoms with Crippen LogP contribution in [0.3, 0.4) is 0 Å². The molecule has 3 nitrogen and oxygen atoms in total. The smallest absolute Gasteiger partial charge is 0.134 e. The van der Waals surface area contributed by atoms with E-state index < -0.39 is 0 Å². The molecule has 0 aliphatic carbocycles. The quantitative estimate of drug-likeness (QED) is 0.328. The van der Waals surface area contributed by atoms with E-state index in [1.165, 1.54) is 6.34 Å². The standard InChI is InChI=1S/C7H15N3/c1-7(2)5-10(4)9-6-8-3/h6-7H,3,5H2,1-2,4H3/b9-6-. The maximum absolute atomic E-state index is 3.96. The largest absolute Gasteiger partial charge is 0.298 e. The van der Waals surface area contributed by atoms with Gasteiger partial charge in [0.2, 0.25) is 0 Å². The third-order valence-electron chi connectivity index (χ3n) is 0.960. The zero-order valence-corrected chi connectivity index (χ0v) is 6.91. The Morgan fingerprint density at radius 2 is 2.20 bits per heavy atom. The number of hydrogen-bond donors (Lipinski definition) is 0. The molecule has 0 aliphatic heterocycles. The summed E-state index contributed by atoms with van der Waals surface area (Å²) in [5.41, 5.74) is 0. The van der Waals surface area contributed by atoms with Crippen LogP contribution >= 0.6 is 0 Å². The van der Waals surface area contributed by atoms with E-state index in [4.69, 9.17) is 0 Å². The lowest BCUT2D eigenvalue weighted by Gasteiger charge is -2.13. The number of aliphatic imine (C=N–C) groups is 1. The Labute approximate surface area is 62.4 Å². The van der Waals surface area contributed by atoms with Crippen molar-refractivity contribution in [1.82, 2.24) is 5.01 Å². The fourth-order valence-corrected chi connectivity index (χ4v) is 0.700.